The van der Waals surface area contributed by atoms with Crippen molar-refractivity contribution in [1.29, 1.82) is 0 Å². The Morgan fingerprint density at radius 1 is 1.10 bits per heavy atom. The highest BCUT2D eigenvalue weighted by Gasteiger charge is 2.14. The smallest absolute Gasteiger partial charge is 0.271 e. The van der Waals surface area contributed by atoms with Crippen LogP contribution in [0.15, 0.2) is 53.7 Å². The van der Waals surface area contributed by atoms with Crippen LogP contribution in [0.2, 0.25) is 0 Å². The summed E-state index contributed by atoms with van der Waals surface area (Å²) in [6.07, 6.45) is 0. The number of carbonyl (C=O) groups excluding carboxylic acids is 2. The van der Waals surface area contributed by atoms with Crippen molar-refractivity contribution in [2.45, 2.75) is 12.1 Å². The molecule has 0 saturated carbocycles. The van der Waals surface area contributed by atoms with Gasteiger partial charge in [-0.05, 0) is 30.3 Å². The zero-order chi connectivity index (χ0) is 21.7. The average Bonchev–Trinajstić information content (AvgIpc) is 3.07. The minimum atomic E-state index is -0.520. The molecule has 154 valence electrons. The van der Waals surface area contributed by atoms with Crippen LogP contribution in [0, 0.1) is 10.1 Å². The fourth-order valence-electron chi connectivity index (χ4n) is 2.62. The van der Waals surface area contributed by atoms with Crippen LogP contribution in [0.25, 0.3) is 11.4 Å². The number of amides is 2. The first kappa shape index (κ1) is 21.0. The highest BCUT2D eigenvalue weighted by Crippen LogP contribution is 2.24. The Kier molecular flexibility index (Phi) is 6.42. The SMILES string of the molecule is CC(=O)Nc1ccc(-c2nnc(SCC(=O)Nc3cccc([N+](=O)[O-])c3)n2C)cc1. The summed E-state index contributed by atoms with van der Waals surface area (Å²) in [6, 6.07) is 12.9. The number of anilines is 2. The molecule has 30 heavy (non-hydrogen) atoms. The number of nitrogens with one attached hydrogen (secondary N) is 2. The lowest BCUT2D eigenvalue weighted by atomic mass is 10.2. The van der Waals surface area contributed by atoms with Crippen LogP contribution in [-0.2, 0) is 16.6 Å². The fraction of sp³-hybridized carbons (Fsp3) is 0.158. The standard InChI is InChI=1S/C19H18N6O4S/c1-12(26)20-14-8-6-13(7-9-14)18-22-23-19(24(18)2)30-11-17(27)21-15-4-3-5-16(10-15)25(28)29/h3-10H,11H2,1-2H3,(H,20,26)(H,21,27). The van der Waals surface area contributed by atoms with E-state index < -0.39 is 4.92 Å². The van der Waals surface area contributed by atoms with Crippen molar-refractivity contribution in [1.82, 2.24) is 14.8 Å². The number of nitro benzene ring substituents is 1. The third-order valence-corrected chi connectivity index (χ3v) is 4.99. The highest BCUT2D eigenvalue weighted by molar-refractivity contribution is 7.99. The van der Waals surface area contributed by atoms with Crippen molar-refractivity contribution in [3.05, 3.63) is 58.6 Å². The van der Waals surface area contributed by atoms with E-state index in [0.717, 1.165) is 5.56 Å². The predicted molar refractivity (Wildman–Crippen MR) is 113 cm³/mol. The molecule has 2 N–H and O–H groups in total. The van der Waals surface area contributed by atoms with Gasteiger partial charge in [-0.2, -0.15) is 0 Å². The van der Waals surface area contributed by atoms with E-state index in [1.807, 2.05) is 12.1 Å². The van der Waals surface area contributed by atoms with Gasteiger partial charge in [-0.25, -0.2) is 0 Å². The van der Waals surface area contributed by atoms with Gasteiger partial charge in [-0.15, -0.1) is 10.2 Å². The van der Waals surface area contributed by atoms with Gasteiger partial charge in [-0.1, -0.05) is 17.8 Å². The first-order valence-electron chi connectivity index (χ1n) is 8.78. The number of rotatable bonds is 7. The molecule has 0 aliphatic heterocycles. The molecule has 3 aromatic rings. The Morgan fingerprint density at radius 2 is 1.83 bits per heavy atom. The molecule has 0 fully saturated rings. The number of benzene rings is 2. The Balaban J connectivity index is 1.62. The van der Waals surface area contributed by atoms with Crippen molar-refractivity contribution in [2.75, 3.05) is 16.4 Å². The van der Waals surface area contributed by atoms with Gasteiger partial charge in [-0.3, -0.25) is 19.7 Å². The quantitative estimate of drug-likeness (QED) is 0.337. The summed E-state index contributed by atoms with van der Waals surface area (Å²) in [5.41, 5.74) is 1.75. The lowest BCUT2D eigenvalue weighted by Gasteiger charge is -2.06. The van der Waals surface area contributed by atoms with Crippen LogP contribution in [0.5, 0.6) is 0 Å². The first-order valence-corrected chi connectivity index (χ1v) is 9.76. The number of nitrogens with zero attached hydrogens (tertiary/aromatic N) is 4. The molecule has 0 unspecified atom stereocenters. The Labute approximate surface area is 175 Å². The number of thioether (sulfide) groups is 1. The van der Waals surface area contributed by atoms with E-state index in [9.17, 15) is 19.7 Å². The maximum atomic E-state index is 12.2. The Morgan fingerprint density at radius 3 is 2.50 bits per heavy atom. The van der Waals surface area contributed by atoms with E-state index in [1.165, 1.54) is 36.9 Å². The van der Waals surface area contributed by atoms with E-state index in [2.05, 4.69) is 20.8 Å². The largest absolute Gasteiger partial charge is 0.326 e. The molecule has 3 rings (SSSR count). The molecule has 1 aromatic heterocycles. The van der Waals surface area contributed by atoms with E-state index in [1.54, 1.807) is 29.8 Å². The van der Waals surface area contributed by atoms with E-state index >= 15 is 0 Å². The molecular formula is C19H18N6O4S. The normalized spacial score (nSPS) is 10.5. The molecule has 0 aliphatic rings. The molecule has 2 amide bonds. The summed E-state index contributed by atoms with van der Waals surface area (Å²) in [4.78, 5) is 33.6. The van der Waals surface area contributed by atoms with Crippen molar-refractivity contribution in [3.8, 4) is 11.4 Å². The highest BCUT2D eigenvalue weighted by atomic mass is 32.2. The second-order valence-electron chi connectivity index (χ2n) is 6.27. The zero-order valence-electron chi connectivity index (χ0n) is 16.2. The van der Waals surface area contributed by atoms with Crippen molar-refractivity contribution in [2.24, 2.45) is 7.05 Å². The van der Waals surface area contributed by atoms with E-state index in [0.29, 0.717) is 22.4 Å². The van der Waals surface area contributed by atoms with E-state index in [-0.39, 0.29) is 23.3 Å². The summed E-state index contributed by atoms with van der Waals surface area (Å²) < 4.78 is 1.76. The zero-order valence-corrected chi connectivity index (χ0v) is 17.0. The second-order valence-corrected chi connectivity index (χ2v) is 7.21. The molecule has 10 nitrogen and oxygen atoms in total. The molecule has 0 spiro atoms. The maximum Gasteiger partial charge on any atom is 0.271 e. The van der Waals surface area contributed by atoms with Crippen LogP contribution < -0.4 is 10.6 Å². The molecule has 0 atom stereocenters. The van der Waals surface area contributed by atoms with Crippen LogP contribution in [0.1, 0.15) is 6.92 Å². The summed E-state index contributed by atoms with van der Waals surface area (Å²) >= 11 is 1.20. The van der Waals surface area contributed by atoms with E-state index in [4.69, 9.17) is 0 Å². The van der Waals surface area contributed by atoms with Gasteiger partial charge < -0.3 is 15.2 Å². The molecule has 0 radical (unpaired) electrons. The van der Waals surface area contributed by atoms with Gasteiger partial charge in [0.15, 0.2) is 11.0 Å². The molecule has 0 bridgehead atoms. The first-order chi connectivity index (χ1) is 14.3. The number of hydrogen-bond acceptors (Lipinski definition) is 7. The van der Waals surface area contributed by atoms with Gasteiger partial charge in [0, 0.05) is 43.0 Å². The minimum Gasteiger partial charge on any atom is -0.326 e. The maximum absolute atomic E-state index is 12.2. The van der Waals surface area contributed by atoms with Crippen LogP contribution in [-0.4, -0.2) is 37.3 Å². The minimum absolute atomic E-state index is 0.0656. The van der Waals surface area contributed by atoms with Gasteiger partial charge in [0.2, 0.25) is 11.8 Å². The van der Waals surface area contributed by atoms with Gasteiger partial charge >= 0.3 is 0 Å². The monoisotopic (exact) mass is 426 g/mol. The lowest BCUT2D eigenvalue weighted by molar-refractivity contribution is -0.384. The topological polar surface area (TPSA) is 132 Å². The van der Waals surface area contributed by atoms with Crippen molar-refractivity contribution >= 4 is 40.6 Å². The summed E-state index contributed by atoms with van der Waals surface area (Å²) in [5.74, 6) is 0.218. The Bertz CT molecular complexity index is 1100. The number of non-ortho nitro benzene ring substituents is 1. The second kappa shape index (κ2) is 9.18. The van der Waals surface area contributed by atoms with Crippen molar-refractivity contribution < 1.29 is 14.5 Å². The van der Waals surface area contributed by atoms with Crippen LogP contribution in [0.3, 0.4) is 0 Å². The third kappa shape index (κ3) is 5.20. The predicted octanol–water partition coefficient (Wildman–Crippen LogP) is 3.08. The molecule has 0 aliphatic carbocycles. The molecule has 0 saturated heterocycles. The molecule has 1 heterocycles. The number of hydrogen-bond donors (Lipinski definition) is 2. The van der Waals surface area contributed by atoms with Crippen LogP contribution >= 0.6 is 11.8 Å². The number of carbonyl (C=O) groups is 2. The number of nitro groups is 1. The summed E-state index contributed by atoms with van der Waals surface area (Å²) in [7, 11) is 1.79. The van der Waals surface area contributed by atoms with Gasteiger partial charge in [0.25, 0.3) is 5.69 Å². The molecular weight excluding hydrogens is 408 g/mol. The molecule has 11 heteroatoms. The van der Waals surface area contributed by atoms with Gasteiger partial charge in [0.05, 0.1) is 10.7 Å². The molecule has 2 aromatic carbocycles. The van der Waals surface area contributed by atoms with Crippen molar-refractivity contribution in [3.63, 3.8) is 0 Å². The van der Waals surface area contributed by atoms with Gasteiger partial charge in [0.1, 0.15) is 0 Å². The number of aromatic nitrogens is 3. The van der Waals surface area contributed by atoms with Crippen LogP contribution in [0.4, 0.5) is 17.1 Å². The fourth-order valence-corrected chi connectivity index (χ4v) is 3.33. The lowest BCUT2D eigenvalue weighted by Crippen LogP contribution is -2.14. The summed E-state index contributed by atoms with van der Waals surface area (Å²) in [5, 5.41) is 25.0. The average molecular weight is 426 g/mol. The Hall–Kier alpha value is -3.73. The summed E-state index contributed by atoms with van der Waals surface area (Å²) in [6.45, 7) is 1.44. The third-order valence-electron chi connectivity index (χ3n) is 3.97.